The van der Waals surface area contributed by atoms with E-state index in [1.54, 1.807) is 18.0 Å². The average molecular weight is 474 g/mol. The minimum atomic E-state index is -0.0382. The zero-order valence-corrected chi connectivity index (χ0v) is 19.5. The minimum Gasteiger partial charge on any atom is -0.497 e. The minimum absolute atomic E-state index is 0.0382. The normalized spacial score (nSPS) is 13.7. The van der Waals surface area contributed by atoms with Crippen molar-refractivity contribution in [3.8, 4) is 22.7 Å². The number of pyridine rings is 1. The van der Waals surface area contributed by atoms with Crippen molar-refractivity contribution in [3.05, 3.63) is 89.7 Å². The molecule has 0 unspecified atom stereocenters. The van der Waals surface area contributed by atoms with Crippen LogP contribution in [0.4, 0.5) is 5.82 Å². The van der Waals surface area contributed by atoms with Crippen molar-refractivity contribution in [3.63, 3.8) is 0 Å². The Hall–Kier alpha value is -3.84. The van der Waals surface area contributed by atoms with Crippen molar-refractivity contribution in [1.82, 2.24) is 19.7 Å². The number of hydrogen-bond acceptors (Lipinski definition) is 5. The fourth-order valence-corrected chi connectivity index (χ4v) is 4.20. The summed E-state index contributed by atoms with van der Waals surface area (Å²) in [4.78, 5) is 22.1. The molecule has 0 atom stereocenters. The molecule has 0 bridgehead atoms. The Morgan fingerprint density at radius 2 is 1.76 bits per heavy atom. The number of piperazine rings is 1. The zero-order valence-electron chi connectivity index (χ0n) is 18.8. The molecule has 34 heavy (non-hydrogen) atoms. The van der Waals surface area contributed by atoms with Gasteiger partial charge in [0.25, 0.3) is 5.91 Å². The largest absolute Gasteiger partial charge is 0.497 e. The topological polar surface area (TPSA) is 63.5 Å². The van der Waals surface area contributed by atoms with E-state index in [1.165, 1.54) is 0 Å². The van der Waals surface area contributed by atoms with Crippen LogP contribution < -0.4 is 9.64 Å². The van der Waals surface area contributed by atoms with Crippen molar-refractivity contribution in [2.24, 2.45) is 0 Å². The fourth-order valence-electron chi connectivity index (χ4n) is 4.09. The summed E-state index contributed by atoms with van der Waals surface area (Å²) in [6.45, 7) is 2.58. The molecule has 7 nitrogen and oxygen atoms in total. The van der Waals surface area contributed by atoms with E-state index in [9.17, 15) is 4.79 Å². The molecular weight excluding hydrogens is 450 g/mol. The van der Waals surface area contributed by atoms with Crippen LogP contribution in [0.3, 0.4) is 0 Å². The molecule has 0 radical (unpaired) electrons. The highest BCUT2D eigenvalue weighted by molar-refractivity contribution is 6.30. The molecule has 1 amide bonds. The maximum atomic E-state index is 13.7. The summed E-state index contributed by atoms with van der Waals surface area (Å²) in [6, 6.07) is 21.2. The summed E-state index contributed by atoms with van der Waals surface area (Å²) in [5.41, 5.74) is 2.93. The number of nitrogens with zero attached hydrogens (tertiary/aromatic N) is 5. The Morgan fingerprint density at radius 3 is 2.47 bits per heavy atom. The van der Waals surface area contributed by atoms with Crippen molar-refractivity contribution >= 4 is 23.3 Å². The first-order chi connectivity index (χ1) is 16.6. The first-order valence-corrected chi connectivity index (χ1v) is 11.5. The molecule has 0 N–H and O–H groups in total. The van der Waals surface area contributed by atoms with Crippen molar-refractivity contribution in [2.45, 2.75) is 0 Å². The Bertz CT molecular complexity index is 1280. The van der Waals surface area contributed by atoms with Crippen molar-refractivity contribution in [1.29, 1.82) is 0 Å². The van der Waals surface area contributed by atoms with Crippen molar-refractivity contribution in [2.75, 3.05) is 38.2 Å². The fraction of sp³-hybridized carbons (Fsp3) is 0.192. The number of halogens is 1. The quantitative estimate of drug-likeness (QED) is 0.425. The highest BCUT2D eigenvalue weighted by atomic mass is 35.5. The summed E-state index contributed by atoms with van der Waals surface area (Å²) >= 11 is 5.96. The molecule has 5 rings (SSSR count). The number of methoxy groups -OCH3 is 1. The number of benzene rings is 2. The van der Waals surface area contributed by atoms with Gasteiger partial charge >= 0.3 is 0 Å². The predicted molar refractivity (Wildman–Crippen MR) is 133 cm³/mol. The van der Waals surface area contributed by atoms with Gasteiger partial charge in [-0.2, -0.15) is 5.10 Å². The Balaban J connectivity index is 1.43. The van der Waals surface area contributed by atoms with Gasteiger partial charge in [0.2, 0.25) is 0 Å². The monoisotopic (exact) mass is 473 g/mol. The van der Waals surface area contributed by atoms with E-state index in [0.29, 0.717) is 48.2 Å². The second kappa shape index (κ2) is 9.57. The molecule has 1 saturated heterocycles. The SMILES string of the molecule is COc1cccc(-c2nn(-c3ccccc3)cc2C(=O)N2CCN(c3ccc(Cl)cn3)CC2)c1. The van der Waals surface area contributed by atoms with E-state index in [-0.39, 0.29) is 5.91 Å². The highest BCUT2D eigenvalue weighted by Crippen LogP contribution is 2.28. The van der Waals surface area contributed by atoms with E-state index in [1.807, 2.05) is 77.8 Å². The predicted octanol–water partition coefficient (Wildman–Crippen LogP) is 4.56. The second-order valence-corrected chi connectivity index (χ2v) is 8.45. The van der Waals surface area contributed by atoms with Crippen LogP contribution in [-0.4, -0.2) is 58.9 Å². The van der Waals surface area contributed by atoms with E-state index in [0.717, 1.165) is 17.1 Å². The van der Waals surface area contributed by atoms with Gasteiger partial charge in [0.15, 0.2) is 0 Å². The molecule has 2 aromatic heterocycles. The van der Waals surface area contributed by atoms with Crippen LogP contribution in [0.15, 0.2) is 79.1 Å². The van der Waals surface area contributed by atoms with Gasteiger partial charge in [-0.3, -0.25) is 4.79 Å². The molecule has 1 fully saturated rings. The number of hydrogen-bond donors (Lipinski definition) is 0. The molecule has 1 aliphatic heterocycles. The summed E-state index contributed by atoms with van der Waals surface area (Å²) in [5, 5.41) is 5.40. The lowest BCUT2D eigenvalue weighted by atomic mass is 10.1. The van der Waals surface area contributed by atoms with E-state index in [2.05, 4.69) is 9.88 Å². The van der Waals surface area contributed by atoms with Gasteiger partial charge in [0.1, 0.15) is 17.3 Å². The molecule has 0 aliphatic carbocycles. The molecular formula is C26H24ClN5O2. The third-order valence-electron chi connectivity index (χ3n) is 5.91. The van der Waals surface area contributed by atoms with Gasteiger partial charge in [0, 0.05) is 44.1 Å². The smallest absolute Gasteiger partial charge is 0.257 e. The Morgan fingerprint density at radius 1 is 0.971 bits per heavy atom. The first kappa shape index (κ1) is 22.0. The highest BCUT2D eigenvalue weighted by Gasteiger charge is 2.27. The Labute approximate surface area is 203 Å². The molecule has 8 heteroatoms. The lowest BCUT2D eigenvalue weighted by Gasteiger charge is -2.35. The van der Waals surface area contributed by atoms with Crippen LogP contribution in [0.25, 0.3) is 16.9 Å². The number of anilines is 1. The Kier molecular flexibility index (Phi) is 6.18. The van der Waals surface area contributed by atoms with E-state index in [4.69, 9.17) is 21.4 Å². The number of aromatic nitrogens is 3. The maximum absolute atomic E-state index is 13.7. The summed E-state index contributed by atoms with van der Waals surface area (Å²) in [6.07, 6.45) is 3.46. The van der Waals surface area contributed by atoms with Gasteiger partial charge in [0.05, 0.1) is 23.4 Å². The van der Waals surface area contributed by atoms with Crippen LogP contribution in [0, 0.1) is 0 Å². The molecule has 3 heterocycles. The molecule has 0 spiro atoms. The summed E-state index contributed by atoms with van der Waals surface area (Å²) in [7, 11) is 1.63. The number of amides is 1. The maximum Gasteiger partial charge on any atom is 0.257 e. The van der Waals surface area contributed by atoms with Crippen LogP contribution in [0.1, 0.15) is 10.4 Å². The number of ether oxygens (including phenoxy) is 1. The number of rotatable bonds is 5. The molecule has 1 aliphatic rings. The zero-order chi connectivity index (χ0) is 23.5. The van der Waals surface area contributed by atoms with E-state index >= 15 is 0 Å². The number of carbonyl (C=O) groups is 1. The van der Waals surface area contributed by atoms with Gasteiger partial charge in [-0.05, 0) is 36.4 Å². The molecule has 2 aromatic carbocycles. The first-order valence-electron chi connectivity index (χ1n) is 11.1. The third-order valence-corrected chi connectivity index (χ3v) is 6.13. The second-order valence-electron chi connectivity index (χ2n) is 8.02. The van der Waals surface area contributed by atoms with Crippen LogP contribution in [-0.2, 0) is 0 Å². The van der Waals surface area contributed by atoms with Crippen LogP contribution in [0.5, 0.6) is 5.75 Å². The average Bonchev–Trinajstić information content (AvgIpc) is 3.35. The summed E-state index contributed by atoms with van der Waals surface area (Å²) in [5.74, 6) is 1.54. The molecule has 172 valence electrons. The van der Waals surface area contributed by atoms with Crippen LogP contribution in [0.2, 0.25) is 5.02 Å². The lowest BCUT2D eigenvalue weighted by molar-refractivity contribution is 0.0747. The van der Waals surface area contributed by atoms with Gasteiger partial charge in [-0.25, -0.2) is 9.67 Å². The summed E-state index contributed by atoms with van der Waals surface area (Å²) < 4.78 is 7.16. The third kappa shape index (κ3) is 4.47. The molecule has 0 saturated carbocycles. The standard InChI is InChI=1S/C26H24ClN5O2/c1-34-22-9-5-6-19(16-22)25-23(18-32(29-25)21-7-3-2-4-8-21)26(33)31-14-12-30(13-15-31)24-11-10-20(27)17-28-24/h2-11,16-18H,12-15H2,1H3. The van der Waals surface area contributed by atoms with Crippen LogP contribution >= 0.6 is 11.6 Å². The van der Waals surface area contributed by atoms with Gasteiger partial charge in [-0.1, -0.05) is 41.9 Å². The number of carbonyl (C=O) groups excluding carboxylic acids is 1. The molecule has 4 aromatic rings. The van der Waals surface area contributed by atoms with E-state index < -0.39 is 0 Å². The lowest BCUT2D eigenvalue weighted by Crippen LogP contribution is -2.49. The van der Waals surface area contributed by atoms with Gasteiger partial charge in [-0.15, -0.1) is 0 Å². The number of para-hydroxylation sites is 1. The van der Waals surface area contributed by atoms with Gasteiger partial charge < -0.3 is 14.5 Å². The van der Waals surface area contributed by atoms with Crippen molar-refractivity contribution < 1.29 is 9.53 Å².